The van der Waals surface area contributed by atoms with Gasteiger partial charge in [0, 0.05) is 0 Å². The molecule has 0 fully saturated rings. The van der Waals surface area contributed by atoms with Gasteiger partial charge in [0.2, 0.25) is 5.91 Å². The Morgan fingerprint density at radius 2 is 2.38 bits per heavy atom. The molecule has 0 aliphatic carbocycles. The maximum atomic E-state index is 11.3. The van der Waals surface area contributed by atoms with Crippen LogP contribution in [0.4, 0.5) is 10.5 Å². The van der Waals surface area contributed by atoms with Crippen LogP contribution in [0.3, 0.4) is 0 Å². The maximum Gasteiger partial charge on any atom is 0.326 e. The number of anilines is 1. The van der Waals surface area contributed by atoms with E-state index in [0.29, 0.717) is 5.69 Å². The molecule has 1 aliphatic rings. The number of imide groups is 1. The van der Waals surface area contributed by atoms with Crippen LogP contribution in [0.5, 0.6) is 0 Å². The number of amides is 3. The van der Waals surface area contributed by atoms with Crippen LogP contribution in [-0.4, -0.2) is 11.9 Å². The SMILES string of the molecule is NC(=O)N1C(=O)Cc2c[c]ccc21. The highest BCUT2D eigenvalue weighted by Crippen LogP contribution is 2.27. The lowest BCUT2D eigenvalue weighted by atomic mass is 10.2. The second-order valence-electron chi connectivity index (χ2n) is 2.80. The molecule has 0 spiro atoms. The van der Waals surface area contributed by atoms with Crippen molar-refractivity contribution < 1.29 is 9.59 Å². The summed E-state index contributed by atoms with van der Waals surface area (Å²) in [7, 11) is 0. The molecule has 4 nitrogen and oxygen atoms in total. The van der Waals surface area contributed by atoms with Crippen LogP contribution in [0.2, 0.25) is 0 Å². The average molecular weight is 175 g/mol. The molecule has 0 saturated carbocycles. The molecule has 1 aliphatic heterocycles. The van der Waals surface area contributed by atoms with Crippen molar-refractivity contribution in [2.45, 2.75) is 6.42 Å². The number of benzene rings is 1. The van der Waals surface area contributed by atoms with Crippen LogP contribution in [-0.2, 0) is 11.2 Å². The lowest BCUT2D eigenvalue weighted by Gasteiger charge is -2.10. The van der Waals surface area contributed by atoms with Gasteiger partial charge in [-0.1, -0.05) is 6.07 Å². The predicted molar refractivity (Wildman–Crippen MR) is 46.1 cm³/mol. The third-order valence-corrected chi connectivity index (χ3v) is 1.98. The minimum atomic E-state index is -0.727. The van der Waals surface area contributed by atoms with Crippen molar-refractivity contribution >= 4 is 17.6 Å². The number of carbonyl (C=O) groups is 2. The Bertz CT molecular complexity index is 387. The van der Waals surface area contributed by atoms with E-state index < -0.39 is 6.03 Å². The van der Waals surface area contributed by atoms with Gasteiger partial charge in [0.1, 0.15) is 0 Å². The van der Waals surface area contributed by atoms with Crippen molar-refractivity contribution in [3.05, 3.63) is 29.8 Å². The molecule has 0 saturated heterocycles. The van der Waals surface area contributed by atoms with Crippen LogP contribution >= 0.6 is 0 Å². The summed E-state index contributed by atoms with van der Waals surface area (Å²) in [5.41, 5.74) is 6.44. The standard InChI is InChI=1S/C9H7N2O2/c10-9(13)11-7-4-2-1-3-6(7)5-8(11)12/h2-4H,5H2,(H2,10,13). The number of hydrogen-bond acceptors (Lipinski definition) is 2. The lowest BCUT2D eigenvalue weighted by Crippen LogP contribution is -2.38. The summed E-state index contributed by atoms with van der Waals surface area (Å²) in [6.45, 7) is 0. The van der Waals surface area contributed by atoms with E-state index in [1.807, 2.05) is 0 Å². The van der Waals surface area contributed by atoms with Gasteiger partial charge in [-0.3, -0.25) is 4.79 Å². The van der Waals surface area contributed by atoms with E-state index in [2.05, 4.69) is 6.07 Å². The Morgan fingerprint density at radius 1 is 1.62 bits per heavy atom. The quantitative estimate of drug-likeness (QED) is 0.622. The molecule has 2 N–H and O–H groups in total. The Balaban J connectivity index is 2.52. The van der Waals surface area contributed by atoms with Crippen molar-refractivity contribution in [2.75, 3.05) is 4.90 Å². The molecule has 13 heavy (non-hydrogen) atoms. The Hall–Kier alpha value is -1.84. The Morgan fingerprint density at radius 3 is 3.08 bits per heavy atom. The number of fused-ring (bicyclic) bond motifs is 1. The molecule has 1 heterocycles. The largest absolute Gasteiger partial charge is 0.351 e. The number of nitrogens with zero attached hydrogens (tertiary/aromatic N) is 1. The van der Waals surface area contributed by atoms with Gasteiger partial charge in [0.25, 0.3) is 0 Å². The molecule has 1 aromatic carbocycles. The zero-order chi connectivity index (χ0) is 9.42. The second-order valence-corrected chi connectivity index (χ2v) is 2.80. The van der Waals surface area contributed by atoms with Crippen LogP contribution in [0.25, 0.3) is 0 Å². The maximum absolute atomic E-state index is 11.3. The molecular weight excluding hydrogens is 168 g/mol. The molecule has 65 valence electrons. The summed E-state index contributed by atoms with van der Waals surface area (Å²) in [6, 6.07) is 7.11. The van der Waals surface area contributed by atoms with Crippen LogP contribution in [0.1, 0.15) is 5.56 Å². The zero-order valence-electron chi connectivity index (χ0n) is 6.78. The zero-order valence-corrected chi connectivity index (χ0v) is 6.78. The molecule has 2 rings (SSSR count). The molecule has 0 aromatic heterocycles. The van der Waals surface area contributed by atoms with Gasteiger partial charge in [-0.15, -0.1) is 0 Å². The fourth-order valence-electron chi connectivity index (χ4n) is 1.43. The van der Waals surface area contributed by atoms with E-state index in [4.69, 9.17) is 5.73 Å². The monoisotopic (exact) mass is 175 g/mol. The third kappa shape index (κ3) is 1.07. The van der Waals surface area contributed by atoms with Gasteiger partial charge in [-0.25, -0.2) is 9.69 Å². The Kier molecular flexibility index (Phi) is 1.55. The van der Waals surface area contributed by atoms with Gasteiger partial charge < -0.3 is 5.73 Å². The molecule has 1 aromatic rings. The normalized spacial score (nSPS) is 14.5. The van der Waals surface area contributed by atoms with Crippen molar-refractivity contribution in [3.8, 4) is 0 Å². The summed E-state index contributed by atoms with van der Waals surface area (Å²) >= 11 is 0. The summed E-state index contributed by atoms with van der Waals surface area (Å²) in [4.78, 5) is 23.2. The van der Waals surface area contributed by atoms with Crippen LogP contribution in [0.15, 0.2) is 18.2 Å². The van der Waals surface area contributed by atoms with Gasteiger partial charge >= 0.3 is 6.03 Å². The number of hydrogen-bond donors (Lipinski definition) is 1. The minimum absolute atomic E-state index is 0.232. The van der Waals surface area contributed by atoms with E-state index in [1.54, 1.807) is 18.2 Å². The summed E-state index contributed by atoms with van der Waals surface area (Å²) in [5.74, 6) is -0.276. The van der Waals surface area contributed by atoms with E-state index in [0.717, 1.165) is 10.5 Å². The fourth-order valence-corrected chi connectivity index (χ4v) is 1.43. The van der Waals surface area contributed by atoms with Crippen molar-refractivity contribution in [3.63, 3.8) is 0 Å². The summed E-state index contributed by atoms with van der Waals surface area (Å²) in [5, 5.41) is 0. The number of rotatable bonds is 0. The third-order valence-electron chi connectivity index (χ3n) is 1.98. The van der Waals surface area contributed by atoms with Gasteiger partial charge in [-0.05, 0) is 23.8 Å². The molecule has 1 radical (unpaired) electrons. The first kappa shape index (κ1) is 7.79. The van der Waals surface area contributed by atoms with E-state index in [1.165, 1.54) is 0 Å². The first-order valence-electron chi connectivity index (χ1n) is 3.81. The van der Waals surface area contributed by atoms with Gasteiger partial charge in [-0.2, -0.15) is 0 Å². The molecule has 0 unspecified atom stereocenters. The van der Waals surface area contributed by atoms with E-state index in [-0.39, 0.29) is 12.3 Å². The van der Waals surface area contributed by atoms with Crippen LogP contribution < -0.4 is 10.6 Å². The number of urea groups is 1. The number of primary amides is 1. The van der Waals surface area contributed by atoms with Gasteiger partial charge in [0.05, 0.1) is 12.1 Å². The first-order valence-corrected chi connectivity index (χ1v) is 3.81. The van der Waals surface area contributed by atoms with E-state index >= 15 is 0 Å². The minimum Gasteiger partial charge on any atom is -0.351 e. The first-order chi connectivity index (χ1) is 6.20. The summed E-state index contributed by atoms with van der Waals surface area (Å²) in [6.07, 6.45) is 0.232. The van der Waals surface area contributed by atoms with E-state index in [9.17, 15) is 9.59 Å². The second kappa shape index (κ2) is 2.58. The molecule has 0 atom stereocenters. The Labute approximate surface area is 74.9 Å². The van der Waals surface area contributed by atoms with Crippen molar-refractivity contribution in [1.82, 2.24) is 0 Å². The topological polar surface area (TPSA) is 63.4 Å². The smallest absolute Gasteiger partial charge is 0.326 e. The summed E-state index contributed by atoms with van der Waals surface area (Å²) < 4.78 is 0. The highest BCUT2D eigenvalue weighted by atomic mass is 16.2. The van der Waals surface area contributed by atoms with Crippen molar-refractivity contribution in [2.24, 2.45) is 5.73 Å². The predicted octanol–water partition coefficient (Wildman–Crippen LogP) is 0.455. The molecule has 4 heteroatoms. The van der Waals surface area contributed by atoms with Crippen LogP contribution in [0, 0.1) is 6.07 Å². The fraction of sp³-hybridized carbons (Fsp3) is 0.111. The number of nitrogens with two attached hydrogens (primary N) is 1. The highest BCUT2D eigenvalue weighted by Gasteiger charge is 2.30. The van der Waals surface area contributed by atoms with Gasteiger partial charge in [0.15, 0.2) is 0 Å². The highest BCUT2D eigenvalue weighted by molar-refractivity contribution is 6.18. The molecular formula is C9H7N2O2. The lowest BCUT2D eigenvalue weighted by molar-refractivity contribution is -0.116. The average Bonchev–Trinajstić information content (AvgIpc) is 2.39. The molecule has 0 bridgehead atoms. The number of carbonyl (C=O) groups excluding carboxylic acids is 2. The van der Waals surface area contributed by atoms with Crippen molar-refractivity contribution in [1.29, 1.82) is 0 Å². The molecule has 3 amide bonds.